The molecule has 4 nitrogen and oxygen atoms in total. The van der Waals surface area contributed by atoms with E-state index < -0.39 is 0 Å². The molecule has 1 aromatic rings. The second kappa shape index (κ2) is 4.37. The molecule has 19 heavy (non-hydrogen) atoms. The van der Waals surface area contributed by atoms with Gasteiger partial charge in [-0.15, -0.1) is 0 Å². The minimum atomic E-state index is 0.148. The summed E-state index contributed by atoms with van der Waals surface area (Å²) in [7, 11) is 0. The topological polar surface area (TPSA) is 36.7 Å². The number of furan rings is 1. The van der Waals surface area contributed by atoms with Crippen LogP contribution in [0.3, 0.4) is 0 Å². The van der Waals surface area contributed by atoms with Gasteiger partial charge in [-0.05, 0) is 37.7 Å². The van der Waals surface area contributed by atoms with Crippen molar-refractivity contribution in [1.29, 1.82) is 0 Å². The fourth-order valence-electron chi connectivity index (χ4n) is 3.74. The van der Waals surface area contributed by atoms with Crippen molar-refractivity contribution in [2.45, 2.75) is 37.8 Å². The number of fused-ring (bicyclic) bond motifs is 1. The summed E-state index contributed by atoms with van der Waals surface area (Å²) in [5.41, 5.74) is 0.696. The van der Waals surface area contributed by atoms with Crippen LogP contribution in [0.4, 0.5) is 0 Å². The molecule has 0 N–H and O–H groups in total. The third-order valence-electron chi connectivity index (χ3n) is 4.91. The van der Waals surface area contributed by atoms with Gasteiger partial charge in [0.2, 0.25) is 0 Å². The summed E-state index contributed by atoms with van der Waals surface area (Å²) in [4.78, 5) is 17.1. The van der Waals surface area contributed by atoms with E-state index in [0.717, 1.165) is 25.3 Å². The van der Waals surface area contributed by atoms with Crippen LogP contribution in [-0.2, 0) is 0 Å². The largest absolute Gasteiger partial charge is 0.472 e. The van der Waals surface area contributed by atoms with Crippen molar-refractivity contribution in [2.75, 3.05) is 19.6 Å². The third-order valence-corrected chi connectivity index (χ3v) is 4.91. The van der Waals surface area contributed by atoms with Gasteiger partial charge in [0.05, 0.1) is 11.8 Å². The zero-order chi connectivity index (χ0) is 12.8. The van der Waals surface area contributed by atoms with E-state index in [2.05, 4.69) is 9.80 Å². The minimum absolute atomic E-state index is 0.148. The summed E-state index contributed by atoms with van der Waals surface area (Å²) in [6.45, 7) is 3.33. The van der Waals surface area contributed by atoms with Crippen LogP contribution in [0.5, 0.6) is 0 Å². The summed E-state index contributed by atoms with van der Waals surface area (Å²) in [6, 6.07) is 2.81. The van der Waals surface area contributed by atoms with Crippen LogP contribution in [0.1, 0.15) is 36.0 Å². The highest BCUT2D eigenvalue weighted by atomic mass is 16.3. The Labute approximate surface area is 113 Å². The van der Waals surface area contributed by atoms with Crippen LogP contribution in [0.15, 0.2) is 23.0 Å². The van der Waals surface area contributed by atoms with Gasteiger partial charge in [-0.25, -0.2) is 0 Å². The number of carbonyl (C=O) groups is 1. The fraction of sp³-hybridized carbons (Fsp3) is 0.667. The Morgan fingerprint density at radius 1 is 1.21 bits per heavy atom. The molecule has 1 aliphatic carbocycles. The highest BCUT2D eigenvalue weighted by Crippen LogP contribution is 2.37. The maximum Gasteiger partial charge on any atom is 0.257 e. The molecule has 4 heteroatoms. The SMILES string of the molecule is O=C(c1ccoc1)N1CC[C@@H]2[C@@H]1CCN2CC1CC1. The monoisotopic (exact) mass is 260 g/mol. The molecule has 4 rings (SSSR count). The third kappa shape index (κ3) is 1.98. The van der Waals surface area contributed by atoms with Gasteiger partial charge in [0.1, 0.15) is 6.26 Å². The van der Waals surface area contributed by atoms with E-state index in [-0.39, 0.29) is 5.91 Å². The van der Waals surface area contributed by atoms with Gasteiger partial charge in [-0.1, -0.05) is 0 Å². The van der Waals surface area contributed by atoms with E-state index in [1.807, 2.05) is 0 Å². The van der Waals surface area contributed by atoms with Crippen LogP contribution in [0.25, 0.3) is 0 Å². The molecule has 2 atom stereocenters. The molecule has 102 valence electrons. The summed E-state index contributed by atoms with van der Waals surface area (Å²) >= 11 is 0. The fourth-order valence-corrected chi connectivity index (χ4v) is 3.74. The van der Waals surface area contributed by atoms with Gasteiger partial charge in [-0.3, -0.25) is 9.69 Å². The lowest BCUT2D eigenvalue weighted by Gasteiger charge is -2.25. The highest BCUT2D eigenvalue weighted by molar-refractivity contribution is 5.94. The Kier molecular flexibility index (Phi) is 2.65. The van der Waals surface area contributed by atoms with Crippen LogP contribution >= 0.6 is 0 Å². The van der Waals surface area contributed by atoms with E-state index in [0.29, 0.717) is 17.6 Å². The average molecular weight is 260 g/mol. The second-order valence-corrected chi connectivity index (χ2v) is 6.16. The Bertz CT molecular complexity index is 466. The van der Waals surface area contributed by atoms with Crippen molar-refractivity contribution in [2.24, 2.45) is 5.92 Å². The van der Waals surface area contributed by atoms with Crippen molar-refractivity contribution in [3.05, 3.63) is 24.2 Å². The lowest BCUT2D eigenvalue weighted by atomic mass is 10.1. The predicted molar refractivity (Wildman–Crippen MR) is 70.9 cm³/mol. The van der Waals surface area contributed by atoms with E-state index in [9.17, 15) is 4.79 Å². The van der Waals surface area contributed by atoms with Crippen LogP contribution in [-0.4, -0.2) is 47.4 Å². The molecule has 0 aromatic carbocycles. The van der Waals surface area contributed by atoms with Crippen molar-refractivity contribution >= 4 is 5.91 Å². The Morgan fingerprint density at radius 3 is 2.79 bits per heavy atom. The average Bonchev–Trinajstić information content (AvgIpc) is 2.87. The van der Waals surface area contributed by atoms with Gasteiger partial charge in [0.15, 0.2) is 0 Å². The molecular formula is C15H20N2O2. The first kappa shape index (κ1) is 11.5. The summed E-state index contributed by atoms with van der Waals surface area (Å²) in [5.74, 6) is 1.09. The van der Waals surface area contributed by atoms with E-state index in [1.165, 1.54) is 25.9 Å². The van der Waals surface area contributed by atoms with Crippen molar-refractivity contribution < 1.29 is 9.21 Å². The first-order chi connectivity index (χ1) is 9.33. The second-order valence-electron chi connectivity index (χ2n) is 6.16. The van der Waals surface area contributed by atoms with E-state index in [1.54, 1.807) is 18.6 Å². The molecule has 0 spiro atoms. The minimum Gasteiger partial charge on any atom is -0.472 e. The van der Waals surface area contributed by atoms with Crippen molar-refractivity contribution in [3.8, 4) is 0 Å². The molecule has 3 heterocycles. The van der Waals surface area contributed by atoms with Gasteiger partial charge in [0, 0.05) is 31.7 Å². The summed E-state index contributed by atoms with van der Waals surface area (Å²) < 4.78 is 5.03. The van der Waals surface area contributed by atoms with Crippen LogP contribution in [0.2, 0.25) is 0 Å². The van der Waals surface area contributed by atoms with Crippen LogP contribution in [0, 0.1) is 5.92 Å². The van der Waals surface area contributed by atoms with Gasteiger partial charge < -0.3 is 9.32 Å². The Hall–Kier alpha value is -1.29. The van der Waals surface area contributed by atoms with Gasteiger partial charge in [-0.2, -0.15) is 0 Å². The molecule has 0 radical (unpaired) electrons. The van der Waals surface area contributed by atoms with Crippen LogP contribution < -0.4 is 0 Å². The predicted octanol–water partition coefficient (Wildman–Crippen LogP) is 1.98. The first-order valence-corrected chi connectivity index (χ1v) is 7.40. The molecule has 3 fully saturated rings. The summed E-state index contributed by atoms with van der Waals surface area (Å²) in [5, 5.41) is 0. The number of rotatable bonds is 3. The number of amides is 1. The Balaban J connectivity index is 1.47. The van der Waals surface area contributed by atoms with E-state index in [4.69, 9.17) is 4.42 Å². The van der Waals surface area contributed by atoms with Gasteiger partial charge >= 0.3 is 0 Å². The standard InChI is InChI=1S/C15H20N2O2/c18-15(12-5-8-19-10-12)17-7-4-13-14(17)3-6-16(13)9-11-1-2-11/h5,8,10-11,13-14H,1-4,6-7,9H2/t13-,14+/m1/s1. The first-order valence-electron chi connectivity index (χ1n) is 7.40. The lowest BCUT2D eigenvalue weighted by molar-refractivity contribution is 0.0731. The molecule has 1 aromatic heterocycles. The number of hydrogen-bond acceptors (Lipinski definition) is 3. The smallest absolute Gasteiger partial charge is 0.257 e. The number of nitrogens with zero attached hydrogens (tertiary/aromatic N) is 2. The number of likely N-dealkylation sites (tertiary alicyclic amines) is 2. The molecule has 1 amide bonds. The maximum atomic E-state index is 12.4. The molecule has 0 bridgehead atoms. The normalized spacial score (nSPS) is 30.8. The zero-order valence-corrected chi connectivity index (χ0v) is 11.1. The quantitative estimate of drug-likeness (QED) is 0.834. The maximum absolute atomic E-state index is 12.4. The van der Waals surface area contributed by atoms with Gasteiger partial charge in [0.25, 0.3) is 5.91 Å². The number of hydrogen-bond donors (Lipinski definition) is 0. The Morgan fingerprint density at radius 2 is 2.05 bits per heavy atom. The van der Waals surface area contributed by atoms with Crippen molar-refractivity contribution in [3.63, 3.8) is 0 Å². The molecule has 1 saturated carbocycles. The molecule has 2 saturated heterocycles. The van der Waals surface area contributed by atoms with E-state index >= 15 is 0 Å². The number of carbonyl (C=O) groups excluding carboxylic acids is 1. The molecule has 2 aliphatic heterocycles. The summed E-state index contributed by atoms with van der Waals surface area (Å²) in [6.07, 6.45) is 8.24. The molecule has 3 aliphatic rings. The lowest BCUT2D eigenvalue weighted by Crippen LogP contribution is -2.40. The zero-order valence-electron chi connectivity index (χ0n) is 11.1. The molecular weight excluding hydrogens is 240 g/mol. The van der Waals surface area contributed by atoms with Crippen molar-refractivity contribution in [1.82, 2.24) is 9.80 Å². The highest BCUT2D eigenvalue weighted by Gasteiger charge is 2.45. The molecule has 0 unspecified atom stereocenters.